The fourth-order valence-electron chi connectivity index (χ4n) is 2.50. The van der Waals surface area contributed by atoms with E-state index in [9.17, 15) is 13.6 Å². The van der Waals surface area contributed by atoms with Crippen LogP contribution in [0.2, 0.25) is 0 Å². The van der Waals surface area contributed by atoms with Gasteiger partial charge in [-0.2, -0.15) is 8.78 Å². The molecule has 5 nitrogen and oxygen atoms in total. The first-order valence-corrected chi connectivity index (χ1v) is 7.72. The van der Waals surface area contributed by atoms with Crippen LogP contribution in [0, 0.1) is 0 Å². The Hall–Kier alpha value is -2.96. The lowest BCUT2D eigenvalue weighted by molar-refractivity contribution is -0.115. The van der Waals surface area contributed by atoms with Crippen molar-refractivity contribution in [3.63, 3.8) is 0 Å². The molecule has 0 fully saturated rings. The second kappa shape index (κ2) is 7.74. The van der Waals surface area contributed by atoms with E-state index in [1.165, 1.54) is 6.07 Å². The highest BCUT2D eigenvalue weighted by atomic mass is 19.3. The number of para-hydroxylation sites is 1. The Morgan fingerprint density at radius 1 is 1.20 bits per heavy atom. The van der Waals surface area contributed by atoms with Crippen LogP contribution in [0.25, 0.3) is 0 Å². The number of oxime groups is 1. The predicted octanol–water partition coefficient (Wildman–Crippen LogP) is 3.42. The minimum absolute atomic E-state index is 0.0320. The minimum Gasteiger partial charge on any atom is -0.434 e. The summed E-state index contributed by atoms with van der Waals surface area (Å²) in [5.74, 6) is -0.366. The topological polar surface area (TPSA) is 59.9 Å². The molecule has 1 heterocycles. The van der Waals surface area contributed by atoms with Gasteiger partial charge in [0, 0.05) is 18.5 Å². The van der Waals surface area contributed by atoms with E-state index in [4.69, 9.17) is 4.84 Å². The van der Waals surface area contributed by atoms with Gasteiger partial charge in [0.1, 0.15) is 11.5 Å². The Labute approximate surface area is 143 Å². The van der Waals surface area contributed by atoms with E-state index in [2.05, 4.69) is 15.2 Å². The molecule has 0 saturated heterocycles. The normalized spacial score (nSPS) is 16.3. The molecule has 25 heavy (non-hydrogen) atoms. The van der Waals surface area contributed by atoms with Gasteiger partial charge in [-0.05, 0) is 11.6 Å². The molecule has 0 radical (unpaired) electrons. The largest absolute Gasteiger partial charge is 0.434 e. The molecule has 0 aliphatic carbocycles. The number of nitrogens with one attached hydrogen (secondary N) is 1. The molecule has 3 rings (SSSR count). The van der Waals surface area contributed by atoms with Crippen LogP contribution in [-0.4, -0.2) is 18.2 Å². The smallest absolute Gasteiger partial charge is 0.387 e. The van der Waals surface area contributed by atoms with E-state index in [-0.39, 0.29) is 24.1 Å². The maximum atomic E-state index is 12.4. The number of rotatable bonds is 6. The summed E-state index contributed by atoms with van der Waals surface area (Å²) in [4.78, 5) is 17.5. The molecule has 0 spiro atoms. The molecule has 2 aromatic rings. The van der Waals surface area contributed by atoms with Crippen LogP contribution in [-0.2, 0) is 16.2 Å². The first-order chi connectivity index (χ1) is 12.1. The third-order valence-corrected chi connectivity index (χ3v) is 3.73. The zero-order valence-electron chi connectivity index (χ0n) is 13.2. The van der Waals surface area contributed by atoms with Crippen molar-refractivity contribution >= 4 is 11.6 Å². The van der Waals surface area contributed by atoms with Gasteiger partial charge in [-0.25, -0.2) is 0 Å². The van der Waals surface area contributed by atoms with Crippen molar-refractivity contribution in [2.45, 2.75) is 25.7 Å². The predicted molar refractivity (Wildman–Crippen MR) is 87.2 cm³/mol. The van der Waals surface area contributed by atoms with Gasteiger partial charge in [0.05, 0.1) is 0 Å². The van der Waals surface area contributed by atoms with E-state index in [1.54, 1.807) is 18.2 Å². The molecular weight excluding hydrogens is 330 g/mol. The van der Waals surface area contributed by atoms with Crippen LogP contribution >= 0.6 is 0 Å². The third-order valence-electron chi connectivity index (χ3n) is 3.73. The zero-order valence-corrected chi connectivity index (χ0v) is 13.2. The maximum absolute atomic E-state index is 12.4. The van der Waals surface area contributed by atoms with Gasteiger partial charge in [0.15, 0.2) is 6.10 Å². The highest BCUT2D eigenvalue weighted by Gasteiger charge is 2.27. The fourth-order valence-corrected chi connectivity index (χ4v) is 2.50. The van der Waals surface area contributed by atoms with Gasteiger partial charge >= 0.3 is 6.61 Å². The molecule has 2 aromatic carbocycles. The molecule has 1 aliphatic heterocycles. The van der Waals surface area contributed by atoms with E-state index in [0.29, 0.717) is 12.0 Å². The van der Waals surface area contributed by atoms with Gasteiger partial charge in [-0.1, -0.05) is 53.7 Å². The van der Waals surface area contributed by atoms with Gasteiger partial charge in [0.2, 0.25) is 0 Å². The van der Waals surface area contributed by atoms with Crippen molar-refractivity contribution in [1.29, 1.82) is 0 Å². The van der Waals surface area contributed by atoms with Crippen LogP contribution in [0.5, 0.6) is 5.75 Å². The van der Waals surface area contributed by atoms with Gasteiger partial charge in [-0.3, -0.25) is 4.79 Å². The van der Waals surface area contributed by atoms with Crippen LogP contribution < -0.4 is 10.1 Å². The number of carbonyl (C=O) groups is 1. The first kappa shape index (κ1) is 16.9. The number of nitrogens with zero attached hydrogens (tertiary/aromatic N) is 1. The lowest BCUT2D eigenvalue weighted by atomic mass is 10.0. The Balaban J connectivity index is 1.57. The third kappa shape index (κ3) is 4.32. The van der Waals surface area contributed by atoms with E-state index in [0.717, 1.165) is 5.56 Å². The van der Waals surface area contributed by atoms with Crippen LogP contribution in [0.15, 0.2) is 59.8 Å². The monoisotopic (exact) mass is 346 g/mol. The van der Waals surface area contributed by atoms with E-state index >= 15 is 0 Å². The molecule has 0 bridgehead atoms. The summed E-state index contributed by atoms with van der Waals surface area (Å²) in [5.41, 5.74) is 1.65. The molecule has 1 N–H and O–H groups in total. The minimum atomic E-state index is -2.92. The zero-order chi connectivity index (χ0) is 17.6. The molecule has 130 valence electrons. The summed E-state index contributed by atoms with van der Waals surface area (Å²) in [7, 11) is 0. The summed E-state index contributed by atoms with van der Waals surface area (Å²) in [6.07, 6.45) is 0.0572. The average molecular weight is 346 g/mol. The molecule has 1 atom stereocenters. The molecule has 1 amide bonds. The summed E-state index contributed by atoms with van der Waals surface area (Å²) in [6, 6.07) is 15.8. The first-order valence-electron chi connectivity index (χ1n) is 7.72. The Morgan fingerprint density at radius 3 is 2.68 bits per heavy atom. The van der Waals surface area contributed by atoms with Gasteiger partial charge in [0.25, 0.3) is 5.91 Å². The second-order valence-electron chi connectivity index (χ2n) is 5.42. The second-order valence-corrected chi connectivity index (χ2v) is 5.42. The van der Waals surface area contributed by atoms with Crippen LogP contribution in [0.1, 0.15) is 23.7 Å². The number of hydrogen-bond donors (Lipinski definition) is 1. The highest BCUT2D eigenvalue weighted by Crippen LogP contribution is 2.27. The molecule has 0 aromatic heterocycles. The van der Waals surface area contributed by atoms with Crippen molar-refractivity contribution < 1.29 is 23.1 Å². The summed E-state index contributed by atoms with van der Waals surface area (Å²) in [5, 5.41) is 6.48. The average Bonchev–Trinajstić information content (AvgIpc) is 3.11. The van der Waals surface area contributed by atoms with Crippen molar-refractivity contribution in [3.05, 3.63) is 65.7 Å². The summed E-state index contributed by atoms with van der Waals surface area (Å²) in [6.45, 7) is -2.87. The number of ether oxygens (including phenoxy) is 1. The quantitative estimate of drug-likeness (QED) is 0.872. The Morgan fingerprint density at radius 2 is 1.92 bits per heavy atom. The Bertz CT molecular complexity index is 766. The molecule has 7 heteroatoms. The maximum Gasteiger partial charge on any atom is 0.387 e. The van der Waals surface area contributed by atoms with Crippen molar-refractivity contribution in [1.82, 2.24) is 5.32 Å². The summed E-state index contributed by atoms with van der Waals surface area (Å²) >= 11 is 0. The fraction of sp³-hybridized carbons (Fsp3) is 0.222. The van der Waals surface area contributed by atoms with E-state index in [1.807, 2.05) is 30.3 Å². The number of hydrogen-bond acceptors (Lipinski definition) is 4. The van der Waals surface area contributed by atoms with Gasteiger partial charge < -0.3 is 14.9 Å². The SMILES string of the molecule is O=C(NCc1ccccc1OC(F)F)C1=NOC(c2ccccc2)C1. The van der Waals surface area contributed by atoms with Crippen molar-refractivity contribution in [2.75, 3.05) is 0 Å². The number of benzene rings is 2. The highest BCUT2D eigenvalue weighted by molar-refractivity contribution is 6.39. The van der Waals surface area contributed by atoms with Crippen LogP contribution in [0.4, 0.5) is 8.78 Å². The summed E-state index contributed by atoms with van der Waals surface area (Å²) < 4.78 is 29.2. The number of amides is 1. The molecular formula is C18H16F2N2O3. The number of carbonyl (C=O) groups excluding carboxylic acids is 1. The Kier molecular flexibility index (Phi) is 5.23. The van der Waals surface area contributed by atoms with Crippen molar-refractivity contribution in [2.24, 2.45) is 5.16 Å². The van der Waals surface area contributed by atoms with Crippen molar-refractivity contribution in [3.8, 4) is 5.75 Å². The lowest BCUT2D eigenvalue weighted by Gasteiger charge is -2.11. The lowest BCUT2D eigenvalue weighted by Crippen LogP contribution is -2.30. The van der Waals surface area contributed by atoms with E-state index < -0.39 is 12.5 Å². The standard InChI is InChI=1S/C18H16F2N2O3/c19-18(20)24-15-9-5-4-8-13(15)11-21-17(23)14-10-16(25-22-14)12-6-2-1-3-7-12/h1-9,16,18H,10-11H2,(H,21,23). The van der Waals surface area contributed by atoms with Crippen LogP contribution in [0.3, 0.4) is 0 Å². The van der Waals surface area contributed by atoms with Gasteiger partial charge in [-0.15, -0.1) is 0 Å². The molecule has 1 unspecified atom stereocenters. The number of alkyl halides is 2. The number of halogens is 2. The molecule has 0 saturated carbocycles. The molecule has 1 aliphatic rings.